The first-order valence-electron chi connectivity index (χ1n) is 13.4. The van der Waals surface area contributed by atoms with Crippen molar-refractivity contribution in [3.8, 4) is 17.2 Å². The van der Waals surface area contributed by atoms with E-state index in [-0.39, 0.29) is 42.2 Å². The van der Waals surface area contributed by atoms with Crippen molar-refractivity contribution in [2.75, 3.05) is 27.4 Å². The molecule has 5 rings (SSSR count). The van der Waals surface area contributed by atoms with Gasteiger partial charge in [0.15, 0.2) is 0 Å². The highest BCUT2D eigenvalue weighted by atomic mass is 32.2. The maximum Gasteiger partial charge on any atom is 0.247 e. The molecule has 1 atom stereocenters. The molecule has 1 aliphatic carbocycles. The molecule has 0 bridgehead atoms. The number of sulfonamides is 1. The smallest absolute Gasteiger partial charge is 0.247 e. The van der Waals surface area contributed by atoms with E-state index in [1.54, 1.807) is 38.5 Å². The molecule has 1 heterocycles. The Kier molecular flexibility index (Phi) is 7.96. The molecule has 206 valence electrons. The van der Waals surface area contributed by atoms with Crippen molar-refractivity contribution in [1.82, 2.24) is 4.31 Å². The number of ether oxygens (including phenoxy) is 3. The SMILES string of the molecule is COc1cc(OC)cc(C(CC(=O)C2CCC2)c2ccc(C)c(CN3CCOc4ccccc4S3(=O)=O)c2)c1. The second-order valence-electron chi connectivity index (χ2n) is 10.3. The molecule has 3 aromatic carbocycles. The summed E-state index contributed by atoms with van der Waals surface area (Å²) in [6, 6.07) is 18.6. The van der Waals surface area contributed by atoms with Crippen LogP contribution in [0.15, 0.2) is 65.6 Å². The minimum absolute atomic E-state index is 0.118. The van der Waals surface area contributed by atoms with Crippen molar-refractivity contribution >= 4 is 15.8 Å². The second kappa shape index (κ2) is 11.4. The van der Waals surface area contributed by atoms with Crippen LogP contribution in [-0.2, 0) is 21.4 Å². The Morgan fingerprint density at radius 1 is 1.00 bits per heavy atom. The van der Waals surface area contributed by atoms with E-state index in [1.165, 1.54) is 4.31 Å². The van der Waals surface area contributed by atoms with Crippen molar-refractivity contribution in [2.45, 2.75) is 50.0 Å². The van der Waals surface area contributed by atoms with Crippen LogP contribution in [0.5, 0.6) is 17.2 Å². The van der Waals surface area contributed by atoms with Crippen molar-refractivity contribution in [3.05, 3.63) is 82.9 Å². The molecular formula is C31H35NO6S. The van der Waals surface area contributed by atoms with Crippen LogP contribution >= 0.6 is 0 Å². The molecular weight excluding hydrogens is 514 g/mol. The number of rotatable bonds is 9. The minimum atomic E-state index is -3.74. The average Bonchev–Trinajstić information content (AvgIpc) is 3.03. The Balaban J connectivity index is 1.51. The van der Waals surface area contributed by atoms with Gasteiger partial charge in [-0.3, -0.25) is 4.79 Å². The van der Waals surface area contributed by atoms with Crippen LogP contribution in [0.25, 0.3) is 0 Å². The summed E-state index contributed by atoms with van der Waals surface area (Å²) in [6.07, 6.45) is 3.36. The molecule has 0 N–H and O–H groups in total. The average molecular weight is 550 g/mol. The number of nitrogens with zero attached hydrogens (tertiary/aromatic N) is 1. The first-order chi connectivity index (χ1) is 18.8. The number of aryl methyl sites for hydroxylation is 1. The summed E-state index contributed by atoms with van der Waals surface area (Å²) in [7, 11) is -0.519. The van der Waals surface area contributed by atoms with Gasteiger partial charge in [0.2, 0.25) is 10.0 Å². The third kappa shape index (κ3) is 5.68. The summed E-state index contributed by atoms with van der Waals surface area (Å²) in [5, 5.41) is 0. The van der Waals surface area contributed by atoms with Gasteiger partial charge in [0, 0.05) is 37.4 Å². The van der Waals surface area contributed by atoms with Gasteiger partial charge in [0.05, 0.1) is 14.2 Å². The largest absolute Gasteiger partial charge is 0.497 e. The fraction of sp³-hybridized carbons (Fsp3) is 0.387. The van der Waals surface area contributed by atoms with Crippen LogP contribution in [0.4, 0.5) is 0 Å². The van der Waals surface area contributed by atoms with Crippen molar-refractivity contribution in [2.24, 2.45) is 5.92 Å². The quantitative estimate of drug-likeness (QED) is 0.351. The molecule has 8 heteroatoms. The fourth-order valence-electron chi connectivity index (χ4n) is 5.29. The molecule has 1 saturated carbocycles. The summed E-state index contributed by atoms with van der Waals surface area (Å²) < 4.78 is 45.4. The van der Waals surface area contributed by atoms with Gasteiger partial charge in [0.1, 0.15) is 34.5 Å². The number of hydrogen-bond donors (Lipinski definition) is 0. The zero-order chi connectivity index (χ0) is 27.6. The van der Waals surface area contributed by atoms with Crippen molar-refractivity contribution in [1.29, 1.82) is 0 Å². The highest BCUT2D eigenvalue weighted by Gasteiger charge is 2.32. The first kappa shape index (κ1) is 27.2. The normalized spacial score (nSPS) is 17.7. The third-order valence-corrected chi connectivity index (χ3v) is 9.81. The summed E-state index contributed by atoms with van der Waals surface area (Å²) >= 11 is 0. The molecule has 39 heavy (non-hydrogen) atoms. The van der Waals surface area contributed by atoms with Crippen molar-refractivity contribution in [3.63, 3.8) is 0 Å². The van der Waals surface area contributed by atoms with Gasteiger partial charge < -0.3 is 14.2 Å². The predicted molar refractivity (Wildman–Crippen MR) is 149 cm³/mol. The van der Waals surface area contributed by atoms with Gasteiger partial charge in [-0.15, -0.1) is 0 Å². The van der Waals surface area contributed by atoms with E-state index in [0.717, 1.165) is 41.5 Å². The van der Waals surface area contributed by atoms with E-state index in [9.17, 15) is 13.2 Å². The lowest BCUT2D eigenvalue weighted by molar-refractivity contribution is -0.125. The van der Waals surface area contributed by atoms with Gasteiger partial charge in [0.25, 0.3) is 0 Å². The lowest BCUT2D eigenvalue weighted by Crippen LogP contribution is -2.32. The molecule has 0 saturated heterocycles. The molecule has 1 aliphatic heterocycles. The number of methoxy groups -OCH3 is 2. The second-order valence-corrected chi connectivity index (χ2v) is 12.2. The highest BCUT2D eigenvalue weighted by Crippen LogP contribution is 2.38. The van der Waals surface area contributed by atoms with E-state index in [4.69, 9.17) is 14.2 Å². The van der Waals surface area contributed by atoms with Gasteiger partial charge in [-0.1, -0.05) is 36.8 Å². The molecule has 7 nitrogen and oxygen atoms in total. The van der Waals surface area contributed by atoms with Gasteiger partial charge in [-0.05, 0) is 66.3 Å². The Morgan fingerprint density at radius 2 is 1.72 bits per heavy atom. The van der Waals surface area contributed by atoms with E-state index < -0.39 is 10.0 Å². The van der Waals surface area contributed by atoms with Crippen LogP contribution < -0.4 is 14.2 Å². The van der Waals surface area contributed by atoms with Gasteiger partial charge in [-0.2, -0.15) is 4.31 Å². The zero-order valence-electron chi connectivity index (χ0n) is 22.7. The number of ketones is 1. The third-order valence-electron chi connectivity index (χ3n) is 7.93. The topological polar surface area (TPSA) is 82.1 Å². The summed E-state index contributed by atoms with van der Waals surface area (Å²) in [4.78, 5) is 13.4. The van der Waals surface area contributed by atoms with Gasteiger partial charge in [-0.25, -0.2) is 8.42 Å². The molecule has 0 aromatic heterocycles. The molecule has 0 radical (unpaired) electrons. The molecule has 0 amide bonds. The minimum Gasteiger partial charge on any atom is -0.497 e. The van der Waals surface area contributed by atoms with Crippen LogP contribution in [0.1, 0.15) is 53.9 Å². The van der Waals surface area contributed by atoms with Gasteiger partial charge >= 0.3 is 0 Å². The van der Waals surface area contributed by atoms with Crippen LogP contribution in [0, 0.1) is 12.8 Å². The Morgan fingerprint density at radius 3 is 2.38 bits per heavy atom. The Bertz CT molecular complexity index is 1440. The number of carbonyl (C=O) groups excluding carboxylic acids is 1. The zero-order valence-corrected chi connectivity index (χ0v) is 23.5. The first-order valence-corrected chi connectivity index (χ1v) is 14.8. The van der Waals surface area contributed by atoms with E-state index in [1.807, 2.05) is 43.3 Å². The number of para-hydroxylation sites is 1. The van der Waals surface area contributed by atoms with Crippen molar-refractivity contribution < 1.29 is 27.4 Å². The maximum absolute atomic E-state index is 13.6. The Hall–Kier alpha value is -3.36. The molecule has 1 unspecified atom stereocenters. The van der Waals surface area contributed by atoms with E-state index in [2.05, 4.69) is 0 Å². The van der Waals surface area contributed by atoms with Crippen LogP contribution in [-0.4, -0.2) is 45.9 Å². The number of fused-ring (bicyclic) bond motifs is 1. The maximum atomic E-state index is 13.6. The predicted octanol–water partition coefficient (Wildman–Crippen LogP) is 5.49. The monoisotopic (exact) mass is 549 g/mol. The molecule has 3 aromatic rings. The highest BCUT2D eigenvalue weighted by molar-refractivity contribution is 7.89. The standard InChI is InChI=1S/C31H35NO6S/c1-21-11-12-23(15-25(21)20-32-13-14-38-30-9-4-5-10-31(30)39(32,34)35)28(19-29(33)22-7-6-8-22)24-16-26(36-2)18-27(17-24)37-3/h4-5,9-12,15-18,22,28H,6-8,13-14,19-20H2,1-3H3. The number of Topliss-reactive ketones (excluding diaryl/α,β-unsaturated/α-hetero) is 1. The van der Waals surface area contributed by atoms with E-state index >= 15 is 0 Å². The lowest BCUT2D eigenvalue weighted by Gasteiger charge is -2.27. The number of benzene rings is 3. The Labute approximate surface area is 230 Å². The van der Waals surface area contributed by atoms with Crippen LogP contribution in [0.2, 0.25) is 0 Å². The summed E-state index contributed by atoms with van der Waals surface area (Å²) in [5.74, 6) is 1.86. The molecule has 2 aliphatic rings. The lowest BCUT2D eigenvalue weighted by atomic mass is 9.76. The molecule has 0 spiro atoms. The van der Waals surface area contributed by atoms with Crippen LogP contribution in [0.3, 0.4) is 0 Å². The number of hydrogen-bond acceptors (Lipinski definition) is 6. The van der Waals surface area contributed by atoms with E-state index in [0.29, 0.717) is 23.7 Å². The fourth-order valence-corrected chi connectivity index (χ4v) is 6.82. The number of carbonyl (C=O) groups is 1. The summed E-state index contributed by atoms with van der Waals surface area (Å²) in [5.41, 5.74) is 3.77. The summed E-state index contributed by atoms with van der Waals surface area (Å²) in [6.45, 7) is 2.72. The molecule has 1 fully saturated rings.